The first-order valence-corrected chi connectivity index (χ1v) is 7.24. The topological polar surface area (TPSA) is 24.9 Å². The molecule has 100 valence electrons. The van der Waals surface area contributed by atoms with Crippen LogP contribution in [0.15, 0.2) is 41.1 Å². The van der Waals surface area contributed by atoms with E-state index in [2.05, 4.69) is 64.3 Å². The maximum atomic E-state index is 4.23. The smallest absolute Gasteiger partial charge is 0.0410 e. The fourth-order valence-electron chi connectivity index (χ4n) is 2.32. The second-order valence-electron chi connectivity index (χ2n) is 4.85. The van der Waals surface area contributed by atoms with Gasteiger partial charge in [-0.05, 0) is 71.6 Å². The van der Waals surface area contributed by atoms with Crippen LogP contribution >= 0.6 is 15.9 Å². The first-order chi connectivity index (χ1) is 9.11. The quantitative estimate of drug-likeness (QED) is 0.922. The zero-order chi connectivity index (χ0) is 13.8. The highest BCUT2D eigenvalue weighted by Crippen LogP contribution is 2.24. The maximum absolute atomic E-state index is 4.23. The Morgan fingerprint density at radius 2 is 2.05 bits per heavy atom. The number of benzene rings is 1. The predicted molar refractivity (Wildman–Crippen MR) is 83.4 cm³/mol. The second kappa shape index (κ2) is 6.31. The molecule has 0 saturated carbocycles. The second-order valence-corrected chi connectivity index (χ2v) is 5.76. The molecular formula is C16H19BrN2. The summed E-state index contributed by atoms with van der Waals surface area (Å²) in [6.45, 7) is 4.35. The first-order valence-electron chi connectivity index (χ1n) is 6.44. The lowest BCUT2D eigenvalue weighted by Crippen LogP contribution is -2.20. The first kappa shape index (κ1) is 14.2. The summed E-state index contributed by atoms with van der Waals surface area (Å²) in [6.07, 6.45) is 4.68. The lowest BCUT2D eigenvalue weighted by atomic mass is 9.94. The van der Waals surface area contributed by atoms with Crippen molar-refractivity contribution in [3.05, 3.63) is 63.4 Å². The molecule has 0 aliphatic carbocycles. The van der Waals surface area contributed by atoms with Gasteiger partial charge in [-0.2, -0.15) is 0 Å². The molecule has 0 fully saturated rings. The van der Waals surface area contributed by atoms with Gasteiger partial charge in [-0.15, -0.1) is 0 Å². The monoisotopic (exact) mass is 318 g/mol. The molecule has 1 aromatic heterocycles. The van der Waals surface area contributed by atoms with E-state index in [0.29, 0.717) is 6.04 Å². The van der Waals surface area contributed by atoms with Crippen LogP contribution in [0.1, 0.15) is 28.3 Å². The average Bonchev–Trinajstić information content (AvgIpc) is 2.40. The molecule has 0 aliphatic heterocycles. The van der Waals surface area contributed by atoms with Crippen LogP contribution in [0.5, 0.6) is 0 Å². The highest BCUT2D eigenvalue weighted by Gasteiger charge is 2.13. The average molecular weight is 319 g/mol. The normalized spacial score (nSPS) is 12.4. The minimum Gasteiger partial charge on any atom is -0.313 e. The van der Waals surface area contributed by atoms with Gasteiger partial charge >= 0.3 is 0 Å². The molecule has 19 heavy (non-hydrogen) atoms. The van der Waals surface area contributed by atoms with Crippen LogP contribution < -0.4 is 5.32 Å². The summed E-state index contributed by atoms with van der Waals surface area (Å²) in [7, 11) is 2.01. The number of pyridine rings is 1. The molecule has 0 radical (unpaired) electrons. The van der Waals surface area contributed by atoms with E-state index in [-0.39, 0.29) is 0 Å². The van der Waals surface area contributed by atoms with Gasteiger partial charge in [-0.1, -0.05) is 18.2 Å². The Labute approximate surface area is 123 Å². The lowest BCUT2D eigenvalue weighted by Gasteiger charge is -2.20. The molecule has 2 nitrogen and oxygen atoms in total. The Morgan fingerprint density at radius 3 is 2.74 bits per heavy atom. The lowest BCUT2D eigenvalue weighted by molar-refractivity contribution is 0.587. The zero-order valence-corrected chi connectivity index (χ0v) is 13.2. The van der Waals surface area contributed by atoms with Crippen molar-refractivity contribution >= 4 is 15.9 Å². The van der Waals surface area contributed by atoms with Crippen molar-refractivity contribution in [1.82, 2.24) is 10.3 Å². The van der Waals surface area contributed by atoms with E-state index in [9.17, 15) is 0 Å². The molecule has 0 saturated heterocycles. The molecule has 0 bridgehead atoms. The third kappa shape index (κ3) is 3.43. The fourth-order valence-corrected chi connectivity index (χ4v) is 2.73. The third-order valence-corrected chi connectivity index (χ3v) is 4.01. The van der Waals surface area contributed by atoms with Gasteiger partial charge in [0.05, 0.1) is 0 Å². The molecule has 2 aromatic rings. The third-order valence-electron chi connectivity index (χ3n) is 3.57. The van der Waals surface area contributed by atoms with Gasteiger partial charge in [0, 0.05) is 22.9 Å². The van der Waals surface area contributed by atoms with Crippen molar-refractivity contribution in [3.8, 4) is 0 Å². The molecule has 2 rings (SSSR count). The Morgan fingerprint density at radius 1 is 1.26 bits per heavy atom. The molecule has 0 aliphatic rings. The largest absolute Gasteiger partial charge is 0.313 e. The van der Waals surface area contributed by atoms with Gasteiger partial charge < -0.3 is 5.32 Å². The molecule has 0 spiro atoms. The van der Waals surface area contributed by atoms with E-state index < -0.39 is 0 Å². The molecule has 1 N–H and O–H groups in total. The van der Waals surface area contributed by atoms with Crippen LogP contribution in [0.25, 0.3) is 0 Å². The summed E-state index contributed by atoms with van der Waals surface area (Å²) >= 11 is 3.47. The number of halogens is 1. The fraction of sp³-hybridized carbons (Fsp3) is 0.312. The standard InChI is InChI=1S/C16H19BrN2/c1-11-5-4-6-15(12(11)2)16(18-3)8-13-7-14(17)10-19-9-13/h4-7,9-10,16,18H,8H2,1-3H3. The molecule has 3 heteroatoms. The maximum Gasteiger partial charge on any atom is 0.0410 e. The van der Waals surface area contributed by atoms with Gasteiger partial charge in [0.15, 0.2) is 0 Å². The van der Waals surface area contributed by atoms with Gasteiger partial charge in [0.2, 0.25) is 0 Å². The Balaban J connectivity index is 2.28. The van der Waals surface area contributed by atoms with Crippen molar-refractivity contribution in [2.45, 2.75) is 26.3 Å². The predicted octanol–water partition coefficient (Wildman–Crippen LogP) is 3.96. The number of rotatable bonds is 4. The van der Waals surface area contributed by atoms with E-state index in [0.717, 1.165) is 10.9 Å². The van der Waals surface area contributed by atoms with E-state index in [4.69, 9.17) is 0 Å². The van der Waals surface area contributed by atoms with Crippen molar-refractivity contribution in [2.75, 3.05) is 7.05 Å². The van der Waals surface area contributed by atoms with Gasteiger partial charge in [-0.3, -0.25) is 4.98 Å². The minimum absolute atomic E-state index is 0.316. The van der Waals surface area contributed by atoms with Crippen LogP contribution in [0.2, 0.25) is 0 Å². The molecule has 1 aromatic carbocycles. The number of hydrogen-bond acceptors (Lipinski definition) is 2. The van der Waals surface area contributed by atoms with Crippen molar-refractivity contribution in [3.63, 3.8) is 0 Å². The molecule has 1 unspecified atom stereocenters. The van der Waals surface area contributed by atoms with E-state index in [1.807, 2.05) is 19.4 Å². The van der Waals surface area contributed by atoms with Crippen LogP contribution in [0.3, 0.4) is 0 Å². The van der Waals surface area contributed by atoms with Crippen LogP contribution in [-0.4, -0.2) is 12.0 Å². The molecular weight excluding hydrogens is 300 g/mol. The van der Waals surface area contributed by atoms with Crippen LogP contribution in [0, 0.1) is 13.8 Å². The minimum atomic E-state index is 0.316. The van der Waals surface area contributed by atoms with Crippen molar-refractivity contribution in [1.29, 1.82) is 0 Å². The summed E-state index contributed by atoms with van der Waals surface area (Å²) in [5.41, 5.74) is 5.30. The highest BCUT2D eigenvalue weighted by molar-refractivity contribution is 9.10. The number of hydrogen-bond donors (Lipinski definition) is 1. The zero-order valence-electron chi connectivity index (χ0n) is 11.6. The number of nitrogens with zero attached hydrogens (tertiary/aromatic N) is 1. The Bertz CT molecular complexity index is 566. The molecule has 1 atom stereocenters. The van der Waals surface area contributed by atoms with Crippen LogP contribution in [0.4, 0.5) is 0 Å². The van der Waals surface area contributed by atoms with E-state index >= 15 is 0 Å². The van der Waals surface area contributed by atoms with E-state index in [1.165, 1.54) is 22.3 Å². The number of aryl methyl sites for hydroxylation is 1. The summed E-state index contributed by atoms with van der Waals surface area (Å²) in [5, 5.41) is 3.41. The highest BCUT2D eigenvalue weighted by atomic mass is 79.9. The van der Waals surface area contributed by atoms with E-state index in [1.54, 1.807) is 0 Å². The molecule has 0 amide bonds. The van der Waals surface area contributed by atoms with Gasteiger partial charge in [0.1, 0.15) is 0 Å². The van der Waals surface area contributed by atoms with Crippen molar-refractivity contribution < 1.29 is 0 Å². The number of aromatic nitrogens is 1. The number of likely N-dealkylation sites (N-methyl/N-ethyl adjacent to an activating group) is 1. The molecule has 1 heterocycles. The summed E-state index contributed by atoms with van der Waals surface area (Å²) in [5.74, 6) is 0. The Hall–Kier alpha value is -1.19. The van der Waals surface area contributed by atoms with Crippen molar-refractivity contribution in [2.24, 2.45) is 0 Å². The summed E-state index contributed by atoms with van der Waals surface area (Å²) in [4.78, 5) is 4.23. The van der Waals surface area contributed by atoms with Gasteiger partial charge in [0.25, 0.3) is 0 Å². The Kier molecular flexibility index (Phi) is 4.72. The van der Waals surface area contributed by atoms with Gasteiger partial charge in [-0.25, -0.2) is 0 Å². The number of nitrogens with one attached hydrogen (secondary N) is 1. The summed E-state index contributed by atoms with van der Waals surface area (Å²) in [6, 6.07) is 8.93. The van der Waals surface area contributed by atoms with Crippen LogP contribution in [-0.2, 0) is 6.42 Å². The summed E-state index contributed by atoms with van der Waals surface area (Å²) < 4.78 is 1.03. The SMILES string of the molecule is CNC(Cc1cncc(Br)c1)c1cccc(C)c1C.